The SMILES string of the molecule is N#CC1=C(c2ccccc2)C(C#N)(C#N)OC1c1ccc(Cl)cc1. The molecular formula is C19H10ClN3O. The van der Waals surface area contributed by atoms with Crippen molar-refractivity contribution in [1.29, 1.82) is 15.8 Å². The zero-order valence-corrected chi connectivity index (χ0v) is 13.2. The van der Waals surface area contributed by atoms with E-state index in [0.29, 0.717) is 21.7 Å². The van der Waals surface area contributed by atoms with Crippen molar-refractivity contribution in [2.75, 3.05) is 0 Å². The summed E-state index contributed by atoms with van der Waals surface area (Å²) < 4.78 is 5.78. The summed E-state index contributed by atoms with van der Waals surface area (Å²) in [7, 11) is 0. The molecule has 1 aliphatic rings. The summed E-state index contributed by atoms with van der Waals surface area (Å²) in [6.07, 6.45) is -0.790. The van der Waals surface area contributed by atoms with Crippen molar-refractivity contribution in [3.8, 4) is 18.2 Å². The predicted octanol–water partition coefficient (Wildman–Crippen LogP) is 4.17. The fourth-order valence-corrected chi connectivity index (χ4v) is 2.88. The lowest BCUT2D eigenvalue weighted by Crippen LogP contribution is -2.26. The molecule has 5 heteroatoms. The summed E-state index contributed by atoms with van der Waals surface area (Å²) in [5.41, 5.74) is 0.0176. The molecule has 0 spiro atoms. The number of nitrogens with zero attached hydrogens (tertiary/aromatic N) is 3. The molecule has 3 rings (SSSR count). The molecule has 0 amide bonds. The summed E-state index contributed by atoms with van der Waals surface area (Å²) in [4.78, 5) is 0. The van der Waals surface area contributed by atoms with Crippen LogP contribution in [0.1, 0.15) is 17.2 Å². The standard InChI is InChI=1S/C19H10ClN3O/c20-15-8-6-14(7-9-15)18-16(10-21)17(13-4-2-1-3-5-13)19(11-22,12-23)24-18/h1-9,18H. The number of rotatable bonds is 2. The minimum absolute atomic E-state index is 0.256. The van der Waals surface area contributed by atoms with E-state index in [9.17, 15) is 15.8 Å². The fourth-order valence-electron chi connectivity index (χ4n) is 2.76. The highest BCUT2D eigenvalue weighted by Gasteiger charge is 2.49. The van der Waals surface area contributed by atoms with E-state index in [1.54, 1.807) is 48.5 Å². The number of halogens is 1. The van der Waals surface area contributed by atoms with Crippen molar-refractivity contribution in [3.63, 3.8) is 0 Å². The molecule has 114 valence electrons. The highest BCUT2D eigenvalue weighted by molar-refractivity contribution is 6.30. The molecule has 2 aromatic carbocycles. The van der Waals surface area contributed by atoms with Gasteiger partial charge in [0.1, 0.15) is 18.2 Å². The number of hydrogen-bond acceptors (Lipinski definition) is 4. The average molecular weight is 332 g/mol. The topological polar surface area (TPSA) is 80.6 Å². The van der Waals surface area contributed by atoms with Crippen molar-refractivity contribution in [1.82, 2.24) is 0 Å². The Hall–Kier alpha value is -3.10. The van der Waals surface area contributed by atoms with Crippen LogP contribution in [0.15, 0.2) is 60.2 Å². The third-order valence-corrected chi connectivity index (χ3v) is 4.10. The zero-order valence-electron chi connectivity index (χ0n) is 12.4. The van der Waals surface area contributed by atoms with Gasteiger partial charge in [0.2, 0.25) is 0 Å². The molecule has 0 radical (unpaired) electrons. The van der Waals surface area contributed by atoms with Gasteiger partial charge >= 0.3 is 0 Å². The maximum Gasteiger partial charge on any atom is 0.269 e. The molecule has 0 N–H and O–H groups in total. The molecule has 1 atom stereocenters. The number of ether oxygens (including phenoxy) is 1. The molecule has 1 unspecified atom stereocenters. The molecule has 0 bridgehead atoms. The second-order valence-electron chi connectivity index (χ2n) is 5.22. The first-order valence-corrected chi connectivity index (χ1v) is 7.49. The molecule has 0 saturated carbocycles. The molecule has 0 aliphatic carbocycles. The van der Waals surface area contributed by atoms with Gasteiger partial charge in [0, 0.05) is 10.6 Å². The lowest BCUT2D eigenvalue weighted by Gasteiger charge is -2.18. The Morgan fingerprint density at radius 3 is 2.08 bits per heavy atom. The molecule has 0 saturated heterocycles. The highest BCUT2D eigenvalue weighted by atomic mass is 35.5. The van der Waals surface area contributed by atoms with Gasteiger partial charge in [-0.1, -0.05) is 54.1 Å². The van der Waals surface area contributed by atoms with Crippen LogP contribution in [0.25, 0.3) is 5.57 Å². The Morgan fingerprint density at radius 1 is 0.917 bits per heavy atom. The summed E-state index contributed by atoms with van der Waals surface area (Å²) in [6, 6.07) is 21.7. The van der Waals surface area contributed by atoms with E-state index in [1.165, 1.54) is 0 Å². The first-order valence-electron chi connectivity index (χ1n) is 7.11. The minimum Gasteiger partial charge on any atom is -0.331 e. The van der Waals surface area contributed by atoms with Crippen LogP contribution in [0.4, 0.5) is 0 Å². The van der Waals surface area contributed by atoms with Gasteiger partial charge in [-0.2, -0.15) is 15.8 Å². The Bertz CT molecular complexity index is 914. The van der Waals surface area contributed by atoms with Crippen LogP contribution < -0.4 is 0 Å². The molecule has 2 aromatic rings. The Kier molecular flexibility index (Phi) is 4.07. The first kappa shape index (κ1) is 15.8. The van der Waals surface area contributed by atoms with Crippen molar-refractivity contribution in [2.24, 2.45) is 0 Å². The Morgan fingerprint density at radius 2 is 1.54 bits per heavy atom. The van der Waals surface area contributed by atoms with E-state index in [-0.39, 0.29) is 5.57 Å². The van der Waals surface area contributed by atoms with Gasteiger partial charge in [-0.05, 0) is 23.3 Å². The van der Waals surface area contributed by atoms with Crippen molar-refractivity contribution in [2.45, 2.75) is 11.7 Å². The van der Waals surface area contributed by atoms with Crippen LogP contribution >= 0.6 is 11.6 Å². The average Bonchev–Trinajstić information content (AvgIpc) is 2.98. The van der Waals surface area contributed by atoms with Gasteiger partial charge in [0.25, 0.3) is 5.60 Å². The lowest BCUT2D eigenvalue weighted by atomic mass is 9.87. The molecule has 24 heavy (non-hydrogen) atoms. The quantitative estimate of drug-likeness (QED) is 0.826. The smallest absolute Gasteiger partial charge is 0.269 e. The van der Waals surface area contributed by atoms with E-state index < -0.39 is 11.7 Å². The molecule has 4 nitrogen and oxygen atoms in total. The first-order chi connectivity index (χ1) is 11.6. The second-order valence-corrected chi connectivity index (χ2v) is 5.66. The van der Waals surface area contributed by atoms with Crippen LogP contribution in [0.2, 0.25) is 5.02 Å². The van der Waals surface area contributed by atoms with Gasteiger partial charge in [-0.15, -0.1) is 0 Å². The van der Waals surface area contributed by atoms with Gasteiger partial charge < -0.3 is 4.74 Å². The fraction of sp³-hybridized carbons (Fsp3) is 0.105. The monoisotopic (exact) mass is 331 g/mol. The number of hydrogen-bond donors (Lipinski definition) is 0. The van der Waals surface area contributed by atoms with Gasteiger partial charge in [0.05, 0.1) is 11.6 Å². The third-order valence-electron chi connectivity index (χ3n) is 3.85. The minimum atomic E-state index is -1.82. The van der Waals surface area contributed by atoms with E-state index in [0.717, 1.165) is 0 Å². The van der Waals surface area contributed by atoms with E-state index in [2.05, 4.69) is 6.07 Å². The third kappa shape index (κ3) is 2.43. The summed E-state index contributed by atoms with van der Waals surface area (Å²) in [6.45, 7) is 0. The Balaban J connectivity index is 2.24. The second kappa shape index (κ2) is 6.19. The summed E-state index contributed by atoms with van der Waals surface area (Å²) in [5.74, 6) is 0. The number of benzene rings is 2. The largest absolute Gasteiger partial charge is 0.331 e. The van der Waals surface area contributed by atoms with E-state index in [1.807, 2.05) is 18.2 Å². The Labute approximate surface area is 144 Å². The van der Waals surface area contributed by atoms with Crippen LogP contribution in [0.3, 0.4) is 0 Å². The van der Waals surface area contributed by atoms with Gasteiger partial charge in [-0.3, -0.25) is 0 Å². The molecule has 0 aromatic heterocycles. The molecule has 0 fully saturated rings. The number of nitriles is 3. The van der Waals surface area contributed by atoms with Gasteiger partial charge in [-0.25, -0.2) is 0 Å². The maximum absolute atomic E-state index is 9.67. The summed E-state index contributed by atoms with van der Waals surface area (Å²) >= 11 is 5.90. The normalized spacial score (nSPS) is 18.5. The van der Waals surface area contributed by atoms with E-state index in [4.69, 9.17) is 16.3 Å². The molecule has 1 aliphatic heterocycles. The summed E-state index contributed by atoms with van der Waals surface area (Å²) in [5, 5.41) is 29.4. The maximum atomic E-state index is 9.67. The predicted molar refractivity (Wildman–Crippen MR) is 88.2 cm³/mol. The van der Waals surface area contributed by atoms with Crippen molar-refractivity contribution in [3.05, 3.63) is 76.3 Å². The van der Waals surface area contributed by atoms with Crippen LogP contribution in [0.5, 0.6) is 0 Å². The van der Waals surface area contributed by atoms with Crippen LogP contribution in [0, 0.1) is 34.0 Å². The van der Waals surface area contributed by atoms with Crippen LogP contribution in [-0.4, -0.2) is 5.60 Å². The molecular weight excluding hydrogens is 322 g/mol. The van der Waals surface area contributed by atoms with Gasteiger partial charge in [0.15, 0.2) is 0 Å². The van der Waals surface area contributed by atoms with Crippen molar-refractivity contribution >= 4 is 17.2 Å². The highest BCUT2D eigenvalue weighted by Crippen LogP contribution is 2.48. The molecule has 1 heterocycles. The zero-order chi connectivity index (χ0) is 17.2. The van der Waals surface area contributed by atoms with Crippen molar-refractivity contribution < 1.29 is 4.74 Å². The van der Waals surface area contributed by atoms with Crippen LogP contribution in [-0.2, 0) is 4.74 Å². The van der Waals surface area contributed by atoms with E-state index >= 15 is 0 Å². The lowest BCUT2D eigenvalue weighted by molar-refractivity contribution is 0.0498.